The molecule has 0 bridgehead atoms. The van der Waals surface area contributed by atoms with Crippen molar-refractivity contribution in [1.82, 2.24) is 4.42 Å². The highest BCUT2D eigenvalue weighted by Crippen LogP contribution is 2.08. The molecule has 2 unspecified atom stereocenters. The zero-order valence-electron chi connectivity index (χ0n) is 7.99. The van der Waals surface area contributed by atoms with E-state index < -0.39 is 6.23 Å². The summed E-state index contributed by atoms with van der Waals surface area (Å²) in [5.41, 5.74) is 5.71. The van der Waals surface area contributed by atoms with Crippen LogP contribution in [0.5, 0.6) is 0 Å². The second kappa shape index (κ2) is 7.53. The molecule has 0 saturated carbocycles. The Kier molecular flexibility index (Phi) is 7.60. The van der Waals surface area contributed by atoms with Gasteiger partial charge in [-0.1, -0.05) is 13.3 Å². The number of nitrogens with zero attached hydrogens (tertiary/aromatic N) is 1. The van der Waals surface area contributed by atoms with Gasteiger partial charge >= 0.3 is 0 Å². The second-order valence-electron chi connectivity index (χ2n) is 3.11. The molecule has 4 N–H and O–H groups in total. The molecule has 0 aliphatic rings. The van der Waals surface area contributed by atoms with Crippen molar-refractivity contribution < 1.29 is 10.2 Å². The molecular formula is C8H19ClN2O2. The molecule has 80 valence electrons. The molecule has 2 atom stereocenters. The first-order chi connectivity index (χ1) is 6.11. The van der Waals surface area contributed by atoms with Crippen LogP contribution in [0.15, 0.2) is 0 Å². The minimum atomic E-state index is -0.768. The smallest absolute Gasteiger partial charge is 0.122 e. The van der Waals surface area contributed by atoms with Crippen LogP contribution < -0.4 is 5.73 Å². The molecule has 0 aromatic rings. The largest absolute Gasteiger partial charge is 0.395 e. The van der Waals surface area contributed by atoms with Crippen LogP contribution in [0.3, 0.4) is 0 Å². The fourth-order valence-corrected chi connectivity index (χ4v) is 1.27. The van der Waals surface area contributed by atoms with Crippen molar-refractivity contribution in [3.05, 3.63) is 0 Å². The fourth-order valence-electron chi connectivity index (χ4n) is 1.12. The quantitative estimate of drug-likeness (QED) is 0.417. The summed E-state index contributed by atoms with van der Waals surface area (Å²) in [6.45, 7) is 2.23. The van der Waals surface area contributed by atoms with Gasteiger partial charge in [0, 0.05) is 19.0 Å². The highest BCUT2D eigenvalue weighted by molar-refractivity contribution is 6.13. The Bertz CT molecular complexity index is 127. The van der Waals surface area contributed by atoms with Gasteiger partial charge in [0.25, 0.3) is 0 Å². The van der Waals surface area contributed by atoms with E-state index in [2.05, 4.69) is 0 Å². The molecular weight excluding hydrogens is 192 g/mol. The molecule has 0 heterocycles. The van der Waals surface area contributed by atoms with Crippen molar-refractivity contribution in [2.75, 3.05) is 13.2 Å². The Morgan fingerprint density at radius 3 is 2.62 bits per heavy atom. The third kappa shape index (κ3) is 6.23. The van der Waals surface area contributed by atoms with Gasteiger partial charge in [0.15, 0.2) is 0 Å². The molecule has 13 heavy (non-hydrogen) atoms. The average molecular weight is 211 g/mol. The van der Waals surface area contributed by atoms with Gasteiger partial charge in [0.2, 0.25) is 0 Å². The molecule has 0 aliphatic carbocycles. The number of rotatable bonds is 7. The van der Waals surface area contributed by atoms with Crippen molar-refractivity contribution in [1.29, 1.82) is 0 Å². The molecule has 0 aromatic heterocycles. The van der Waals surface area contributed by atoms with Crippen LogP contribution in [0.2, 0.25) is 0 Å². The van der Waals surface area contributed by atoms with Gasteiger partial charge in [-0.25, -0.2) is 0 Å². The van der Waals surface area contributed by atoms with Crippen LogP contribution in [-0.4, -0.2) is 40.1 Å². The van der Waals surface area contributed by atoms with Gasteiger partial charge in [-0.3, -0.25) is 0 Å². The lowest BCUT2D eigenvalue weighted by atomic mass is 10.1. The lowest BCUT2D eigenvalue weighted by Gasteiger charge is -2.22. The molecule has 0 saturated heterocycles. The highest BCUT2D eigenvalue weighted by Gasteiger charge is 2.15. The molecule has 0 fully saturated rings. The van der Waals surface area contributed by atoms with Crippen LogP contribution in [0.25, 0.3) is 0 Å². The zero-order valence-corrected chi connectivity index (χ0v) is 8.74. The van der Waals surface area contributed by atoms with Crippen molar-refractivity contribution in [2.45, 2.75) is 38.5 Å². The fraction of sp³-hybridized carbons (Fsp3) is 1.00. The zero-order chi connectivity index (χ0) is 10.3. The van der Waals surface area contributed by atoms with Crippen LogP contribution in [0, 0.1) is 0 Å². The first-order valence-corrected chi connectivity index (χ1v) is 4.92. The van der Waals surface area contributed by atoms with Crippen LogP contribution >= 0.6 is 11.8 Å². The maximum atomic E-state index is 9.45. The van der Waals surface area contributed by atoms with Gasteiger partial charge in [-0.05, 0) is 18.2 Å². The Labute approximate surface area is 84.4 Å². The number of hydrogen-bond acceptors (Lipinski definition) is 4. The Morgan fingerprint density at radius 2 is 2.15 bits per heavy atom. The summed E-state index contributed by atoms with van der Waals surface area (Å²) in [6.07, 6.45) is 1.55. The minimum Gasteiger partial charge on any atom is -0.395 e. The van der Waals surface area contributed by atoms with Crippen LogP contribution in [0.1, 0.15) is 26.2 Å². The Balaban J connectivity index is 3.64. The predicted octanol–water partition coefficient (Wildman–Crippen LogP) is 0.270. The van der Waals surface area contributed by atoms with Gasteiger partial charge in [-0.2, -0.15) is 4.42 Å². The maximum absolute atomic E-state index is 9.45. The molecule has 0 radical (unpaired) electrons. The topological polar surface area (TPSA) is 69.7 Å². The van der Waals surface area contributed by atoms with Crippen molar-refractivity contribution >= 4 is 11.8 Å². The van der Waals surface area contributed by atoms with E-state index in [0.717, 1.165) is 12.8 Å². The molecule has 0 amide bonds. The molecule has 0 aromatic carbocycles. The van der Waals surface area contributed by atoms with Crippen molar-refractivity contribution in [3.63, 3.8) is 0 Å². The Hall–Kier alpha value is 0.130. The summed E-state index contributed by atoms with van der Waals surface area (Å²) < 4.78 is 1.18. The molecule has 0 spiro atoms. The molecule has 0 aliphatic heterocycles. The minimum absolute atomic E-state index is 0.0278. The summed E-state index contributed by atoms with van der Waals surface area (Å²) in [5, 5.41) is 18.0. The monoisotopic (exact) mass is 210 g/mol. The lowest BCUT2D eigenvalue weighted by Crippen LogP contribution is -2.35. The summed E-state index contributed by atoms with van der Waals surface area (Å²) in [6, 6.07) is -0.0278. The number of aliphatic hydroxyl groups excluding tert-OH is 2. The predicted molar refractivity (Wildman–Crippen MR) is 53.2 cm³/mol. The van der Waals surface area contributed by atoms with Crippen molar-refractivity contribution in [2.24, 2.45) is 5.73 Å². The lowest BCUT2D eigenvalue weighted by molar-refractivity contribution is 0.0412. The third-order valence-corrected chi connectivity index (χ3v) is 2.20. The van der Waals surface area contributed by atoms with Gasteiger partial charge < -0.3 is 15.9 Å². The summed E-state index contributed by atoms with van der Waals surface area (Å²) in [4.78, 5) is 0. The first-order valence-electron chi connectivity index (χ1n) is 4.58. The van der Waals surface area contributed by atoms with Crippen molar-refractivity contribution in [3.8, 4) is 0 Å². The van der Waals surface area contributed by atoms with E-state index >= 15 is 0 Å². The van der Waals surface area contributed by atoms with E-state index in [1.54, 1.807) is 0 Å². The highest BCUT2D eigenvalue weighted by atomic mass is 35.5. The SMILES string of the molecule is CCCC(N)CC(O)N(Cl)CCO. The van der Waals surface area contributed by atoms with E-state index in [0.29, 0.717) is 6.42 Å². The number of hydrogen-bond donors (Lipinski definition) is 3. The molecule has 4 nitrogen and oxygen atoms in total. The third-order valence-electron chi connectivity index (χ3n) is 1.81. The van der Waals surface area contributed by atoms with Gasteiger partial charge in [0.1, 0.15) is 6.23 Å². The number of aliphatic hydroxyl groups is 2. The van der Waals surface area contributed by atoms with E-state index in [1.165, 1.54) is 4.42 Å². The summed E-state index contributed by atoms with van der Waals surface area (Å²) in [7, 11) is 0. The van der Waals surface area contributed by atoms with Gasteiger partial charge in [0.05, 0.1) is 6.61 Å². The normalized spacial score (nSPS) is 16.2. The number of nitrogens with two attached hydrogens (primary N) is 1. The number of halogens is 1. The Morgan fingerprint density at radius 1 is 1.54 bits per heavy atom. The summed E-state index contributed by atoms with van der Waals surface area (Å²) >= 11 is 5.64. The molecule has 5 heteroatoms. The first kappa shape index (κ1) is 13.1. The van der Waals surface area contributed by atoms with Crippen LogP contribution in [-0.2, 0) is 0 Å². The van der Waals surface area contributed by atoms with E-state index in [1.807, 2.05) is 6.92 Å². The average Bonchev–Trinajstić information content (AvgIpc) is 2.05. The van der Waals surface area contributed by atoms with Gasteiger partial charge in [-0.15, -0.1) is 0 Å². The van der Waals surface area contributed by atoms with E-state index in [4.69, 9.17) is 22.6 Å². The van der Waals surface area contributed by atoms with E-state index in [9.17, 15) is 5.11 Å². The standard InChI is InChI=1S/C8H19ClN2O2/c1-2-3-7(10)6-8(13)11(9)4-5-12/h7-8,12-13H,2-6,10H2,1H3. The maximum Gasteiger partial charge on any atom is 0.122 e. The molecule has 0 rings (SSSR count). The van der Waals surface area contributed by atoms with E-state index in [-0.39, 0.29) is 19.2 Å². The summed E-state index contributed by atoms with van der Waals surface area (Å²) in [5.74, 6) is 0. The second-order valence-corrected chi connectivity index (χ2v) is 3.55. The van der Waals surface area contributed by atoms with Crippen LogP contribution in [0.4, 0.5) is 0 Å².